The molecule has 0 aliphatic carbocycles. The van der Waals surface area contributed by atoms with Crippen molar-refractivity contribution in [1.82, 2.24) is 14.0 Å². The number of rotatable bonds is 6. The molecule has 3 aromatic rings. The zero-order valence-corrected chi connectivity index (χ0v) is 12.3. The maximum absolute atomic E-state index is 12.8. The van der Waals surface area contributed by atoms with Gasteiger partial charge >= 0.3 is 12.3 Å². The van der Waals surface area contributed by atoms with Crippen LogP contribution in [0.15, 0.2) is 41.6 Å². The van der Waals surface area contributed by atoms with E-state index in [1.807, 2.05) is 0 Å². The summed E-state index contributed by atoms with van der Waals surface area (Å²) in [5, 5.41) is 0. The van der Waals surface area contributed by atoms with Crippen LogP contribution < -0.4 is 5.56 Å². The highest BCUT2D eigenvalue weighted by Crippen LogP contribution is 2.22. The van der Waals surface area contributed by atoms with Crippen LogP contribution in [0.5, 0.6) is 0 Å². The molecule has 0 unspecified atom stereocenters. The van der Waals surface area contributed by atoms with E-state index >= 15 is 0 Å². The minimum Gasteiger partial charge on any atom is -0.373 e. The molecule has 5 nitrogen and oxygen atoms in total. The number of alkyl halides is 4. The van der Waals surface area contributed by atoms with Crippen molar-refractivity contribution >= 4 is 16.6 Å². The minimum absolute atomic E-state index is 0.0413. The van der Waals surface area contributed by atoms with E-state index in [0.717, 1.165) is 0 Å². The molecule has 0 fully saturated rings. The minimum atomic E-state index is -4.21. The fourth-order valence-corrected chi connectivity index (χ4v) is 2.44. The third-order valence-electron chi connectivity index (χ3n) is 3.61. The summed E-state index contributed by atoms with van der Waals surface area (Å²) >= 11 is 0. The molecule has 0 N–H and O–H groups in total. The highest BCUT2D eigenvalue weighted by molar-refractivity contribution is 5.78. The van der Waals surface area contributed by atoms with E-state index in [-0.39, 0.29) is 18.7 Å². The van der Waals surface area contributed by atoms with Gasteiger partial charge in [0.2, 0.25) is 0 Å². The average molecular weight is 343 g/mol. The molecule has 128 valence electrons. The number of imidazole rings is 1. The number of hydrogen-bond donors (Lipinski definition) is 0. The Balaban J connectivity index is 1.86. The van der Waals surface area contributed by atoms with Crippen LogP contribution >= 0.6 is 0 Å². The lowest BCUT2D eigenvalue weighted by atomic mass is 10.3. The van der Waals surface area contributed by atoms with Gasteiger partial charge in [-0.1, -0.05) is 12.1 Å². The molecule has 2 aromatic heterocycles. The Morgan fingerprint density at radius 3 is 2.58 bits per heavy atom. The molecule has 24 heavy (non-hydrogen) atoms. The van der Waals surface area contributed by atoms with Crippen LogP contribution in [0, 0.1) is 0 Å². The third kappa shape index (κ3) is 2.86. The first-order valence-electron chi connectivity index (χ1n) is 7.09. The van der Waals surface area contributed by atoms with Gasteiger partial charge in [0.1, 0.15) is 12.1 Å². The zero-order chi connectivity index (χ0) is 17.3. The molecule has 0 aliphatic heterocycles. The quantitative estimate of drug-likeness (QED) is 0.511. The molecule has 2 heterocycles. The second-order valence-electron chi connectivity index (χ2n) is 5.21. The van der Waals surface area contributed by atoms with Gasteiger partial charge in [0.25, 0.3) is 5.56 Å². The van der Waals surface area contributed by atoms with E-state index in [1.54, 1.807) is 28.7 Å². The number of benzene rings is 1. The molecule has 0 atom stereocenters. The van der Waals surface area contributed by atoms with Crippen molar-refractivity contribution in [1.29, 1.82) is 0 Å². The standard InChI is InChI=1S/C15H13F4N3O2/c16-14(17)15(18,19)8-24-6-5-21-10-3-1-2-4-11(10)22-9-20-7-12(22)13(21)23/h1-4,7,9,14H,5-6,8H2. The summed E-state index contributed by atoms with van der Waals surface area (Å²) in [6.45, 7) is -1.73. The summed E-state index contributed by atoms with van der Waals surface area (Å²) in [7, 11) is 0. The largest absolute Gasteiger partial charge is 0.373 e. The zero-order valence-electron chi connectivity index (χ0n) is 12.3. The van der Waals surface area contributed by atoms with E-state index in [1.165, 1.54) is 17.1 Å². The van der Waals surface area contributed by atoms with E-state index in [4.69, 9.17) is 0 Å². The Hall–Kier alpha value is -2.42. The molecular weight excluding hydrogens is 330 g/mol. The summed E-state index contributed by atoms with van der Waals surface area (Å²) in [5.41, 5.74) is 1.24. The van der Waals surface area contributed by atoms with Crippen molar-refractivity contribution in [2.75, 3.05) is 13.2 Å². The van der Waals surface area contributed by atoms with Gasteiger partial charge < -0.3 is 9.30 Å². The maximum Gasteiger partial charge on any atom is 0.330 e. The number of halogens is 4. The van der Waals surface area contributed by atoms with Crippen LogP contribution in [0.2, 0.25) is 0 Å². The fourth-order valence-electron chi connectivity index (χ4n) is 2.44. The molecule has 3 rings (SSSR count). The predicted molar refractivity (Wildman–Crippen MR) is 78.7 cm³/mol. The van der Waals surface area contributed by atoms with Crippen molar-refractivity contribution < 1.29 is 22.3 Å². The molecule has 9 heteroatoms. The topological polar surface area (TPSA) is 48.5 Å². The van der Waals surface area contributed by atoms with Gasteiger partial charge in [-0.25, -0.2) is 13.8 Å². The summed E-state index contributed by atoms with van der Waals surface area (Å²) in [6, 6.07) is 7.00. The molecule has 0 radical (unpaired) electrons. The number of fused-ring (bicyclic) bond motifs is 3. The molecule has 0 amide bonds. The van der Waals surface area contributed by atoms with Crippen LogP contribution in [0.3, 0.4) is 0 Å². The van der Waals surface area contributed by atoms with Crippen molar-refractivity contribution in [2.45, 2.75) is 18.9 Å². The molecule has 1 aromatic carbocycles. The lowest BCUT2D eigenvalue weighted by Crippen LogP contribution is -2.33. The normalized spacial score (nSPS) is 12.5. The van der Waals surface area contributed by atoms with Gasteiger partial charge in [-0.2, -0.15) is 8.78 Å². The van der Waals surface area contributed by atoms with Gasteiger partial charge in [-0.15, -0.1) is 0 Å². The monoisotopic (exact) mass is 343 g/mol. The molecular formula is C15H13F4N3O2. The van der Waals surface area contributed by atoms with E-state index in [2.05, 4.69) is 9.72 Å². The summed E-state index contributed by atoms with van der Waals surface area (Å²) in [5.74, 6) is -4.21. The number of aromatic nitrogens is 3. The lowest BCUT2D eigenvalue weighted by molar-refractivity contribution is -0.166. The summed E-state index contributed by atoms with van der Waals surface area (Å²) in [6.07, 6.45) is -0.885. The van der Waals surface area contributed by atoms with Crippen LogP contribution in [0.25, 0.3) is 16.6 Å². The van der Waals surface area contributed by atoms with Crippen molar-refractivity contribution in [2.24, 2.45) is 0 Å². The fraction of sp³-hybridized carbons (Fsp3) is 0.333. The first kappa shape index (κ1) is 16.4. The van der Waals surface area contributed by atoms with Gasteiger partial charge in [0.15, 0.2) is 0 Å². The molecule has 0 bridgehead atoms. The van der Waals surface area contributed by atoms with Crippen molar-refractivity contribution in [3.63, 3.8) is 0 Å². The highest BCUT2D eigenvalue weighted by Gasteiger charge is 2.40. The van der Waals surface area contributed by atoms with Crippen molar-refractivity contribution in [3.8, 4) is 0 Å². The van der Waals surface area contributed by atoms with E-state index in [0.29, 0.717) is 16.6 Å². The Labute approximate surface area is 133 Å². The summed E-state index contributed by atoms with van der Waals surface area (Å²) in [4.78, 5) is 16.4. The van der Waals surface area contributed by atoms with Gasteiger partial charge in [-0.05, 0) is 12.1 Å². The average Bonchev–Trinajstić information content (AvgIpc) is 3.04. The number of hydrogen-bond acceptors (Lipinski definition) is 3. The Morgan fingerprint density at radius 1 is 1.17 bits per heavy atom. The first-order chi connectivity index (χ1) is 11.4. The third-order valence-corrected chi connectivity index (χ3v) is 3.61. The van der Waals surface area contributed by atoms with Crippen molar-refractivity contribution in [3.05, 3.63) is 47.1 Å². The second-order valence-corrected chi connectivity index (χ2v) is 5.21. The predicted octanol–water partition coefficient (Wildman–Crippen LogP) is 2.57. The lowest BCUT2D eigenvalue weighted by Gasteiger charge is -2.16. The first-order valence-corrected chi connectivity index (χ1v) is 7.09. The molecule has 0 saturated carbocycles. The van der Waals surface area contributed by atoms with Crippen LogP contribution in [0.1, 0.15) is 0 Å². The highest BCUT2D eigenvalue weighted by atomic mass is 19.3. The Bertz CT molecular complexity index is 920. The molecule has 0 aliphatic rings. The SMILES string of the molecule is O=c1c2cncn2c2ccccc2n1CCOCC(F)(F)C(F)F. The number of para-hydroxylation sites is 2. The van der Waals surface area contributed by atoms with E-state index in [9.17, 15) is 22.4 Å². The van der Waals surface area contributed by atoms with Gasteiger partial charge in [0.05, 0.1) is 30.2 Å². The van der Waals surface area contributed by atoms with Gasteiger partial charge in [0, 0.05) is 6.54 Å². The number of ether oxygens (including phenoxy) is 1. The molecule has 0 spiro atoms. The maximum atomic E-state index is 12.8. The van der Waals surface area contributed by atoms with Crippen LogP contribution in [0.4, 0.5) is 17.6 Å². The van der Waals surface area contributed by atoms with Gasteiger partial charge in [-0.3, -0.25) is 9.20 Å². The Kier molecular flexibility index (Phi) is 4.27. The number of nitrogens with zero attached hydrogens (tertiary/aromatic N) is 3. The van der Waals surface area contributed by atoms with Crippen LogP contribution in [-0.4, -0.2) is 39.5 Å². The summed E-state index contributed by atoms with van der Waals surface area (Å²) < 4.78 is 57.4. The smallest absolute Gasteiger partial charge is 0.330 e. The van der Waals surface area contributed by atoms with Crippen LogP contribution in [-0.2, 0) is 11.3 Å². The van der Waals surface area contributed by atoms with E-state index < -0.39 is 19.0 Å². The second kappa shape index (κ2) is 6.23. The Morgan fingerprint density at radius 2 is 1.88 bits per heavy atom. The molecule has 0 saturated heterocycles.